The molecule has 0 aliphatic heterocycles. The summed E-state index contributed by atoms with van der Waals surface area (Å²) in [5.74, 6) is -0.318. The Kier molecular flexibility index (Phi) is 6.35. The van der Waals surface area contributed by atoms with Crippen LogP contribution in [0.4, 0.5) is 24.8 Å². The fourth-order valence-corrected chi connectivity index (χ4v) is 5.67. The topological polar surface area (TPSA) is 109 Å². The van der Waals surface area contributed by atoms with E-state index in [0.29, 0.717) is 15.4 Å². The molecule has 34 heavy (non-hydrogen) atoms. The van der Waals surface area contributed by atoms with Gasteiger partial charge in [0.25, 0.3) is 0 Å². The van der Waals surface area contributed by atoms with Crippen molar-refractivity contribution >= 4 is 32.8 Å². The molecule has 0 saturated heterocycles. The number of nitrogens with one attached hydrogen (secondary N) is 1. The third kappa shape index (κ3) is 5.05. The Labute approximate surface area is 198 Å². The van der Waals surface area contributed by atoms with Gasteiger partial charge in [-0.1, -0.05) is 19.3 Å². The van der Waals surface area contributed by atoms with Crippen LogP contribution in [0.15, 0.2) is 41.6 Å². The Bertz CT molecular complexity index is 1360. The first-order valence-electron chi connectivity index (χ1n) is 10.4. The highest BCUT2D eigenvalue weighted by Gasteiger charge is 2.37. The SMILES string of the molecule is CS(=O)(=O)c1cc(Nc2nccc(C(F)(F)F)n2)cc(-c2cnc(C3(C#N)CCCCC3)s2)c1. The molecular weight excluding hydrogens is 487 g/mol. The zero-order valence-electron chi connectivity index (χ0n) is 18.1. The molecule has 0 atom stereocenters. The van der Waals surface area contributed by atoms with Crippen molar-refractivity contribution in [3.8, 4) is 16.5 Å². The molecule has 2 aromatic heterocycles. The number of hydrogen-bond donors (Lipinski definition) is 1. The molecule has 1 saturated carbocycles. The summed E-state index contributed by atoms with van der Waals surface area (Å²) >= 11 is 1.32. The minimum Gasteiger partial charge on any atom is -0.324 e. The van der Waals surface area contributed by atoms with E-state index in [2.05, 4.69) is 26.3 Å². The number of halogens is 3. The average Bonchev–Trinajstić information content (AvgIpc) is 3.29. The highest BCUT2D eigenvalue weighted by molar-refractivity contribution is 7.90. The molecular formula is C22H20F3N5O2S2. The number of sulfone groups is 1. The van der Waals surface area contributed by atoms with Gasteiger partial charge in [0.2, 0.25) is 5.95 Å². The number of nitriles is 1. The lowest BCUT2D eigenvalue weighted by Gasteiger charge is -2.28. The standard InChI is InChI=1S/C22H20F3N5O2S2/c1-34(31,32)16-10-14(17-12-28-19(33-17)21(13-26)6-3-2-4-7-21)9-15(11-16)29-20-27-8-5-18(30-20)22(23,24)25/h5,8-12H,2-4,6-7H2,1H3,(H,27,29,30). The second-order valence-corrected chi connectivity index (χ2v) is 11.2. The number of anilines is 2. The van der Waals surface area contributed by atoms with Crippen LogP contribution in [0.2, 0.25) is 0 Å². The van der Waals surface area contributed by atoms with E-state index in [-0.39, 0.29) is 16.5 Å². The Balaban J connectivity index is 1.73. The largest absolute Gasteiger partial charge is 0.433 e. The van der Waals surface area contributed by atoms with Crippen molar-refractivity contribution in [2.45, 2.75) is 48.6 Å². The van der Waals surface area contributed by atoms with Crippen molar-refractivity contribution in [1.29, 1.82) is 5.26 Å². The summed E-state index contributed by atoms with van der Waals surface area (Å²) in [6.45, 7) is 0. The first kappa shape index (κ1) is 24.1. The molecule has 0 spiro atoms. The molecule has 1 N–H and O–H groups in total. The Morgan fingerprint density at radius 3 is 2.53 bits per heavy atom. The lowest BCUT2D eigenvalue weighted by atomic mass is 9.76. The monoisotopic (exact) mass is 507 g/mol. The number of rotatable bonds is 5. The van der Waals surface area contributed by atoms with Crippen molar-refractivity contribution in [2.24, 2.45) is 0 Å². The molecule has 0 bridgehead atoms. The van der Waals surface area contributed by atoms with Gasteiger partial charge in [-0.15, -0.1) is 11.3 Å². The van der Waals surface area contributed by atoms with Gasteiger partial charge in [0, 0.05) is 24.3 Å². The van der Waals surface area contributed by atoms with Crippen LogP contribution in [-0.2, 0) is 21.4 Å². The lowest BCUT2D eigenvalue weighted by Crippen LogP contribution is -2.26. The lowest BCUT2D eigenvalue weighted by molar-refractivity contribution is -0.141. The minimum absolute atomic E-state index is 0.0258. The quantitative estimate of drug-likeness (QED) is 0.486. The van der Waals surface area contributed by atoms with Crippen LogP contribution >= 0.6 is 11.3 Å². The third-order valence-corrected chi connectivity index (χ3v) is 8.00. The Morgan fingerprint density at radius 1 is 1.15 bits per heavy atom. The Hall–Kier alpha value is -3.04. The van der Waals surface area contributed by atoms with Crippen molar-refractivity contribution in [2.75, 3.05) is 11.6 Å². The van der Waals surface area contributed by atoms with Crippen LogP contribution in [0.25, 0.3) is 10.4 Å². The molecule has 2 heterocycles. The summed E-state index contributed by atoms with van der Waals surface area (Å²) in [6, 6.07) is 7.55. The molecule has 0 radical (unpaired) electrons. The maximum Gasteiger partial charge on any atom is 0.433 e. The first-order valence-corrected chi connectivity index (χ1v) is 13.1. The van der Waals surface area contributed by atoms with E-state index in [1.165, 1.54) is 23.5 Å². The number of thiazole rings is 1. The first-order chi connectivity index (χ1) is 16.0. The second-order valence-electron chi connectivity index (χ2n) is 8.19. The van der Waals surface area contributed by atoms with Crippen LogP contribution in [0.5, 0.6) is 0 Å². The summed E-state index contributed by atoms with van der Waals surface area (Å²) in [6.07, 6.45) is 3.37. The van der Waals surface area contributed by atoms with E-state index in [9.17, 15) is 26.9 Å². The van der Waals surface area contributed by atoms with Gasteiger partial charge < -0.3 is 5.32 Å². The van der Waals surface area contributed by atoms with E-state index < -0.39 is 27.1 Å². The molecule has 1 aliphatic carbocycles. The van der Waals surface area contributed by atoms with Gasteiger partial charge in [-0.3, -0.25) is 0 Å². The smallest absolute Gasteiger partial charge is 0.324 e. The van der Waals surface area contributed by atoms with Crippen molar-refractivity contribution in [3.63, 3.8) is 0 Å². The summed E-state index contributed by atoms with van der Waals surface area (Å²) in [7, 11) is -3.64. The molecule has 1 fully saturated rings. The molecule has 4 rings (SSSR count). The molecule has 1 aromatic carbocycles. The molecule has 3 aromatic rings. The molecule has 7 nitrogen and oxygen atoms in total. The Morgan fingerprint density at radius 2 is 1.88 bits per heavy atom. The number of benzene rings is 1. The van der Waals surface area contributed by atoms with Crippen LogP contribution < -0.4 is 5.32 Å². The van der Waals surface area contributed by atoms with Gasteiger partial charge in [0.15, 0.2) is 9.84 Å². The third-order valence-electron chi connectivity index (χ3n) is 5.66. The van der Waals surface area contributed by atoms with E-state index in [0.717, 1.165) is 50.6 Å². The maximum absolute atomic E-state index is 13.0. The van der Waals surface area contributed by atoms with Crippen LogP contribution in [-0.4, -0.2) is 29.6 Å². The molecule has 0 unspecified atom stereocenters. The van der Waals surface area contributed by atoms with E-state index in [1.54, 1.807) is 12.3 Å². The van der Waals surface area contributed by atoms with E-state index in [4.69, 9.17) is 0 Å². The van der Waals surface area contributed by atoms with E-state index in [1.807, 2.05) is 0 Å². The highest BCUT2D eigenvalue weighted by atomic mass is 32.2. The minimum atomic E-state index is -4.64. The van der Waals surface area contributed by atoms with Gasteiger partial charge in [0.05, 0.1) is 15.8 Å². The van der Waals surface area contributed by atoms with Crippen molar-refractivity contribution in [3.05, 3.63) is 47.4 Å². The van der Waals surface area contributed by atoms with Gasteiger partial charge in [0.1, 0.15) is 16.1 Å². The zero-order valence-corrected chi connectivity index (χ0v) is 19.7. The summed E-state index contributed by atoms with van der Waals surface area (Å²) in [5, 5.41) is 13.2. The van der Waals surface area contributed by atoms with Gasteiger partial charge in [-0.2, -0.15) is 18.4 Å². The van der Waals surface area contributed by atoms with Crippen LogP contribution in [0.1, 0.15) is 42.8 Å². The number of nitrogens with zero attached hydrogens (tertiary/aromatic N) is 4. The predicted octanol–water partition coefficient (Wildman–Crippen LogP) is 5.49. The number of hydrogen-bond acceptors (Lipinski definition) is 8. The average molecular weight is 508 g/mol. The van der Waals surface area contributed by atoms with Crippen molar-refractivity contribution < 1.29 is 21.6 Å². The molecule has 1 aliphatic rings. The van der Waals surface area contributed by atoms with Gasteiger partial charge >= 0.3 is 6.18 Å². The van der Waals surface area contributed by atoms with Crippen LogP contribution in [0.3, 0.4) is 0 Å². The molecule has 178 valence electrons. The normalized spacial score (nSPS) is 16.1. The summed E-state index contributed by atoms with van der Waals surface area (Å²) in [5.41, 5.74) is -1.06. The summed E-state index contributed by atoms with van der Waals surface area (Å²) in [4.78, 5) is 12.4. The summed E-state index contributed by atoms with van der Waals surface area (Å²) < 4.78 is 63.6. The zero-order chi connectivity index (χ0) is 24.6. The number of alkyl halides is 3. The molecule has 0 amide bonds. The fraction of sp³-hybridized carbons (Fsp3) is 0.364. The van der Waals surface area contributed by atoms with Crippen LogP contribution in [0, 0.1) is 11.3 Å². The van der Waals surface area contributed by atoms with Gasteiger partial charge in [-0.25, -0.2) is 23.4 Å². The predicted molar refractivity (Wildman–Crippen MR) is 121 cm³/mol. The van der Waals surface area contributed by atoms with Gasteiger partial charge in [-0.05, 0) is 42.7 Å². The molecule has 12 heteroatoms. The maximum atomic E-state index is 13.0. The number of aromatic nitrogens is 3. The second kappa shape index (κ2) is 8.96. The van der Waals surface area contributed by atoms with E-state index >= 15 is 0 Å². The highest BCUT2D eigenvalue weighted by Crippen LogP contribution is 2.43. The fourth-order valence-electron chi connectivity index (χ4n) is 3.89. The van der Waals surface area contributed by atoms with Crippen molar-refractivity contribution in [1.82, 2.24) is 15.0 Å².